The topological polar surface area (TPSA) is 67.4 Å². The molecule has 1 aliphatic heterocycles. The highest BCUT2D eigenvalue weighted by atomic mass is 16.5. The van der Waals surface area contributed by atoms with Gasteiger partial charge in [-0.1, -0.05) is 43.2 Å². The fourth-order valence-electron chi connectivity index (χ4n) is 3.24. The van der Waals surface area contributed by atoms with E-state index in [9.17, 15) is 9.59 Å². The van der Waals surface area contributed by atoms with E-state index in [1.807, 2.05) is 49.4 Å². The second kappa shape index (κ2) is 9.40. The summed E-state index contributed by atoms with van der Waals surface area (Å²) >= 11 is 0. The first-order valence-corrected chi connectivity index (χ1v) is 9.94. The Labute approximate surface area is 166 Å². The van der Waals surface area contributed by atoms with E-state index >= 15 is 0 Å². The molecule has 5 nitrogen and oxygen atoms in total. The van der Waals surface area contributed by atoms with Gasteiger partial charge in [-0.3, -0.25) is 9.59 Å². The van der Waals surface area contributed by atoms with E-state index < -0.39 is 0 Å². The Balaban J connectivity index is 1.57. The molecule has 28 heavy (non-hydrogen) atoms. The Kier molecular flexibility index (Phi) is 6.69. The summed E-state index contributed by atoms with van der Waals surface area (Å²) in [5.74, 6) is 0.563. The molecule has 1 heterocycles. The molecular weight excluding hydrogens is 352 g/mol. The fourth-order valence-corrected chi connectivity index (χ4v) is 3.24. The Morgan fingerprint density at radius 3 is 2.68 bits per heavy atom. The first-order chi connectivity index (χ1) is 13.5. The second-order valence-corrected chi connectivity index (χ2v) is 7.39. The summed E-state index contributed by atoms with van der Waals surface area (Å²) in [7, 11) is 0. The Morgan fingerprint density at radius 1 is 1.14 bits per heavy atom. The number of benzene rings is 2. The lowest BCUT2D eigenvalue weighted by Crippen LogP contribution is -2.37. The van der Waals surface area contributed by atoms with Gasteiger partial charge in [0.25, 0.3) is 0 Å². The Bertz CT molecular complexity index is 830. The van der Waals surface area contributed by atoms with Crippen LogP contribution in [-0.4, -0.2) is 18.4 Å². The van der Waals surface area contributed by atoms with Crippen molar-refractivity contribution in [1.29, 1.82) is 0 Å². The van der Waals surface area contributed by atoms with Gasteiger partial charge in [-0.25, -0.2) is 0 Å². The number of nitrogens with one attached hydrogen (secondary N) is 2. The number of hydrogen-bond acceptors (Lipinski definition) is 3. The number of unbranched alkanes of at least 4 members (excludes halogenated alkanes) is 1. The predicted molar refractivity (Wildman–Crippen MR) is 110 cm³/mol. The van der Waals surface area contributed by atoms with Crippen molar-refractivity contribution in [1.82, 2.24) is 5.32 Å². The van der Waals surface area contributed by atoms with Crippen LogP contribution in [0.15, 0.2) is 42.5 Å². The van der Waals surface area contributed by atoms with Gasteiger partial charge in [-0.2, -0.15) is 0 Å². The van der Waals surface area contributed by atoms with Crippen molar-refractivity contribution in [3.8, 4) is 5.75 Å². The molecule has 2 aromatic carbocycles. The summed E-state index contributed by atoms with van der Waals surface area (Å²) < 4.78 is 5.78. The number of anilines is 1. The highest BCUT2D eigenvalue weighted by Gasteiger charge is 2.26. The zero-order valence-electron chi connectivity index (χ0n) is 16.6. The first-order valence-electron chi connectivity index (χ1n) is 9.94. The zero-order chi connectivity index (χ0) is 19.9. The summed E-state index contributed by atoms with van der Waals surface area (Å²) in [6, 6.07) is 13.8. The zero-order valence-corrected chi connectivity index (χ0v) is 16.6. The molecule has 1 unspecified atom stereocenters. The molecule has 2 aromatic rings. The molecule has 0 bridgehead atoms. The van der Waals surface area contributed by atoms with Crippen LogP contribution >= 0.6 is 0 Å². The number of carbonyl (C=O) groups excluding carboxylic acids is 2. The van der Waals surface area contributed by atoms with Crippen LogP contribution in [0.4, 0.5) is 5.69 Å². The normalized spacial score (nSPS) is 15.3. The van der Waals surface area contributed by atoms with E-state index in [1.165, 1.54) is 5.56 Å². The third-order valence-electron chi connectivity index (χ3n) is 4.97. The van der Waals surface area contributed by atoms with E-state index in [2.05, 4.69) is 17.6 Å². The number of aryl methyl sites for hydroxylation is 1. The third-order valence-corrected chi connectivity index (χ3v) is 4.97. The van der Waals surface area contributed by atoms with E-state index in [1.54, 1.807) is 0 Å². The van der Waals surface area contributed by atoms with Crippen LogP contribution in [0, 0.1) is 12.8 Å². The van der Waals surface area contributed by atoms with E-state index in [4.69, 9.17) is 4.74 Å². The Hall–Kier alpha value is -2.82. The monoisotopic (exact) mass is 380 g/mol. The van der Waals surface area contributed by atoms with Crippen molar-refractivity contribution in [2.24, 2.45) is 5.92 Å². The molecule has 0 saturated heterocycles. The molecule has 0 aromatic heterocycles. The van der Waals surface area contributed by atoms with Gasteiger partial charge in [0.05, 0.1) is 5.92 Å². The third kappa shape index (κ3) is 5.35. The van der Waals surface area contributed by atoms with Gasteiger partial charge >= 0.3 is 0 Å². The lowest BCUT2D eigenvalue weighted by molar-refractivity contribution is -0.126. The first kappa shape index (κ1) is 19.9. The van der Waals surface area contributed by atoms with Crippen molar-refractivity contribution >= 4 is 17.5 Å². The van der Waals surface area contributed by atoms with Crippen LogP contribution in [0.25, 0.3) is 0 Å². The molecular formula is C23H28N2O3. The average molecular weight is 380 g/mol. The molecule has 1 atom stereocenters. The standard InChI is InChI=1S/C23H28N2O3/c1-3-4-5-22(26)25-20-10-11-21-18(13-20)12-19(15-28-21)23(27)24-14-17-8-6-16(2)7-9-17/h6-11,13,19H,3-5,12,14-15H2,1-2H3,(H,24,27)(H,25,26). The molecule has 1 aliphatic rings. The van der Waals surface area contributed by atoms with Gasteiger partial charge < -0.3 is 15.4 Å². The number of carbonyl (C=O) groups is 2. The number of hydrogen-bond donors (Lipinski definition) is 2. The summed E-state index contributed by atoms with van der Waals surface area (Å²) in [6.45, 7) is 4.98. The minimum Gasteiger partial charge on any atom is -0.492 e. The van der Waals surface area contributed by atoms with Crippen LogP contribution in [0.5, 0.6) is 5.75 Å². The molecule has 148 valence electrons. The van der Waals surface area contributed by atoms with Gasteiger partial charge in [0.15, 0.2) is 0 Å². The van der Waals surface area contributed by atoms with Gasteiger partial charge in [0, 0.05) is 18.7 Å². The maximum absolute atomic E-state index is 12.6. The second-order valence-electron chi connectivity index (χ2n) is 7.39. The van der Waals surface area contributed by atoms with Gasteiger partial charge in [-0.05, 0) is 49.1 Å². The highest BCUT2D eigenvalue weighted by molar-refractivity contribution is 5.91. The van der Waals surface area contributed by atoms with Crippen LogP contribution in [0.2, 0.25) is 0 Å². The number of fused-ring (bicyclic) bond motifs is 1. The summed E-state index contributed by atoms with van der Waals surface area (Å²) in [6.07, 6.45) is 3.00. The molecule has 2 N–H and O–H groups in total. The van der Waals surface area contributed by atoms with E-state index in [0.29, 0.717) is 26.0 Å². The lowest BCUT2D eigenvalue weighted by Gasteiger charge is -2.25. The average Bonchev–Trinajstić information content (AvgIpc) is 2.71. The molecule has 0 fully saturated rings. The van der Waals surface area contributed by atoms with E-state index in [-0.39, 0.29) is 17.7 Å². The molecule has 0 spiro atoms. The maximum atomic E-state index is 12.6. The van der Waals surface area contributed by atoms with Gasteiger partial charge in [0.1, 0.15) is 12.4 Å². The molecule has 0 radical (unpaired) electrons. The smallest absolute Gasteiger partial charge is 0.227 e. The number of ether oxygens (including phenoxy) is 1. The van der Waals surface area contributed by atoms with Crippen LogP contribution < -0.4 is 15.4 Å². The fraction of sp³-hybridized carbons (Fsp3) is 0.391. The lowest BCUT2D eigenvalue weighted by atomic mass is 9.95. The summed E-state index contributed by atoms with van der Waals surface area (Å²) in [5.41, 5.74) is 3.98. The summed E-state index contributed by atoms with van der Waals surface area (Å²) in [4.78, 5) is 24.5. The van der Waals surface area contributed by atoms with Crippen molar-refractivity contribution in [2.75, 3.05) is 11.9 Å². The van der Waals surface area contributed by atoms with Crippen molar-refractivity contribution in [3.05, 3.63) is 59.2 Å². The number of amides is 2. The molecule has 5 heteroatoms. The van der Waals surface area contributed by atoms with Gasteiger partial charge in [0.2, 0.25) is 11.8 Å². The van der Waals surface area contributed by atoms with Gasteiger partial charge in [-0.15, -0.1) is 0 Å². The van der Waals surface area contributed by atoms with Crippen molar-refractivity contribution in [3.63, 3.8) is 0 Å². The van der Waals surface area contributed by atoms with Crippen molar-refractivity contribution < 1.29 is 14.3 Å². The highest BCUT2D eigenvalue weighted by Crippen LogP contribution is 2.30. The molecule has 0 saturated carbocycles. The van der Waals surface area contributed by atoms with Crippen LogP contribution in [-0.2, 0) is 22.6 Å². The number of rotatable bonds is 7. The quantitative estimate of drug-likeness (QED) is 0.763. The minimum atomic E-state index is -0.232. The van der Waals surface area contributed by atoms with Crippen LogP contribution in [0.3, 0.4) is 0 Å². The predicted octanol–water partition coefficient (Wildman–Crippen LogP) is 3.99. The van der Waals surface area contributed by atoms with Crippen molar-refractivity contribution in [2.45, 2.75) is 46.1 Å². The minimum absolute atomic E-state index is 0.0105. The van der Waals surface area contributed by atoms with Crippen LogP contribution in [0.1, 0.15) is 42.9 Å². The molecule has 3 rings (SSSR count). The molecule has 0 aliphatic carbocycles. The SMILES string of the molecule is CCCCC(=O)Nc1ccc2c(c1)CC(C(=O)NCc1ccc(C)cc1)CO2. The summed E-state index contributed by atoms with van der Waals surface area (Å²) in [5, 5.41) is 5.93. The Morgan fingerprint density at radius 2 is 1.93 bits per heavy atom. The maximum Gasteiger partial charge on any atom is 0.227 e. The largest absolute Gasteiger partial charge is 0.492 e. The molecule has 2 amide bonds. The van der Waals surface area contributed by atoms with E-state index in [0.717, 1.165) is 35.4 Å².